The number of hydrogen-bond donors (Lipinski definition) is 3. The van der Waals surface area contributed by atoms with Crippen LogP contribution in [-0.4, -0.2) is 64.0 Å². The highest BCUT2D eigenvalue weighted by Gasteiger charge is 2.40. The van der Waals surface area contributed by atoms with Crippen LogP contribution in [0.5, 0.6) is 0 Å². The topological polar surface area (TPSA) is 157 Å². The minimum absolute atomic E-state index is 0.115. The molecule has 0 heterocycles. The summed E-state index contributed by atoms with van der Waals surface area (Å²) in [7, 11) is 0. The zero-order valence-corrected chi connectivity index (χ0v) is 30.1. The number of ether oxygens (including phenoxy) is 2. The Labute approximate surface area is 285 Å². The molecule has 0 spiro atoms. The molecule has 0 aliphatic rings. The fraction of sp³-hybridized carbons (Fsp3) is 0.541. The van der Waals surface area contributed by atoms with E-state index in [-0.39, 0.29) is 19.3 Å². The van der Waals surface area contributed by atoms with E-state index in [1.165, 1.54) is 4.90 Å². The molecule has 0 bridgehead atoms. The Morgan fingerprint density at radius 1 is 0.833 bits per heavy atom. The van der Waals surface area contributed by atoms with Gasteiger partial charge in [-0.2, -0.15) is 0 Å². The number of nitrogens with zero attached hydrogens (tertiary/aromatic N) is 1. The maximum atomic E-state index is 14.6. The molecular formula is C37H54N4O7. The molecule has 11 nitrogen and oxygen atoms in total. The molecule has 0 saturated heterocycles. The highest BCUT2D eigenvalue weighted by Crippen LogP contribution is 2.29. The molecule has 0 radical (unpaired) electrons. The van der Waals surface area contributed by atoms with Gasteiger partial charge < -0.3 is 30.7 Å². The fourth-order valence-electron chi connectivity index (χ4n) is 5.01. The molecule has 4 unspecified atom stereocenters. The van der Waals surface area contributed by atoms with Crippen LogP contribution >= 0.6 is 0 Å². The summed E-state index contributed by atoms with van der Waals surface area (Å²) >= 11 is 0. The Kier molecular flexibility index (Phi) is 14.2. The first-order valence-corrected chi connectivity index (χ1v) is 16.5. The third-order valence-corrected chi connectivity index (χ3v) is 7.65. The Bertz CT molecular complexity index is 1430. The molecule has 0 aliphatic carbocycles. The summed E-state index contributed by atoms with van der Waals surface area (Å²) in [6.45, 7) is 17.8. The van der Waals surface area contributed by atoms with Gasteiger partial charge in [-0.15, -0.1) is 0 Å². The SMILES string of the molecule is CCC(C)N(C(=O)C(CCC(N)=O)NC(=O)OC(C)(C)C)C(C(=O)NC(Cc1ccccc1)C(=O)OC(C)(C)C)c1ccc(C)c(C)c1. The van der Waals surface area contributed by atoms with Crippen LogP contribution in [0.15, 0.2) is 48.5 Å². The highest BCUT2D eigenvalue weighted by atomic mass is 16.6. The zero-order chi connectivity index (χ0) is 36.4. The highest BCUT2D eigenvalue weighted by molar-refractivity contribution is 5.94. The first-order valence-electron chi connectivity index (χ1n) is 16.5. The van der Waals surface area contributed by atoms with Crippen molar-refractivity contribution in [3.05, 3.63) is 70.8 Å². The number of alkyl carbamates (subject to hydrolysis) is 1. The summed E-state index contributed by atoms with van der Waals surface area (Å²) in [5, 5.41) is 5.51. The second kappa shape index (κ2) is 17.1. The smallest absolute Gasteiger partial charge is 0.408 e. The number of amides is 4. The van der Waals surface area contributed by atoms with Gasteiger partial charge in [-0.25, -0.2) is 9.59 Å². The van der Waals surface area contributed by atoms with E-state index in [1.54, 1.807) is 54.5 Å². The van der Waals surface area contributed by atoms with Crippen molar-refractivity contribution in [1.29, 1.82) is 0 Å². The first-order chi connectivity index (χ1) is 22.2. The van der Waals surface area contributed by atoms with Crippen molar-refractivity contribution in [1.82, 2.24) is 15.5 Å². The number of rotatable bonds is 14. The standard InChI is InChI=1S/C37H54N4O7/c1-11-25(4)41(33(44)28(19-20-30(38)42)40-35(46)48-37(8,9)10)31(27-18-17-23(2)24(3)21-27)32(43)39-29(34(45)47-36(5,6)7)22-26-15-13-12-14-16-26/h12-18,21,25,28-29,31H,11,19-20,22H2,1-10H3,(H2,38,42)(H,39,43)(H,40,46). The molecule has 4 amide bonds. The predicted octanol–water partition coefficient (Wildman–Crippen LogP) is 5.20. The molecular weight excluding hydrogens is 612 g/mol. The summed E-state index contributed by atoms with van der Waals surface area (Å²) in [5.41, 5.74) is 6.97. The van der Waals surface area contributed by atoms with E-state index in [0.717, 1.165) is 16.7 Å². The molecule has 0 aromatic heterocycles. The lowest BCUT2D eigenvalue weighted by molar-refractivity contribution is -0.159. The van der Waals surface area contributed by atoms with Gasteiger partial charge >= 0.3 is 12.1 Å². The van der Waals surface area contributed by atoms with Gasteiger partial charge in [0.05, 0.1) is 0 Å². The number of carbonyl (C=O) groups is 5. The number of nitrogens with two attached hydrogens (primary N) is 1. The van der Waals surface area contributed by atoms with Crippen LogP contribution < -0.4 is 16.4 Å². The van der Waals surface area contributed by atoms with Crippen molar-refractivity contribution in [2.24, 2.45) is 5.73 Å². The third kappa shape index (κ3) is 12.7. The largest absolute Gasteiger partial charge is 0.458 e. The molecule has 11 heteroatoms. The number of benzene rings is 2. The lowest BCUT2D eigenvalue weighted by Crippen LogP contribution is -2.57. The summed E-state index contributed by atoms with van der Waals surface area (Å²) in [6, 6.07) is 10.7. The van der Waals surface area contributed by atoms with Crippen LogP contribution in [0, 0.1) is 13.8 Å². The molecule has 0 saturated carbocycles. The Morgan fingerprint density at radius 2 is 1.44 bits per heavy atom. The summed E-state index contributed by atoms with van der Waals surface area (Å²) in [4.78, 5) is 68.8. The van der Waals surface area contributed by atoms with Gasteiger partial charge in [-0.1, -0.05) is 55.5 Å². The van der Waals surface area contributed by atoms with Crippen LogP contribution in [0.2, 0.25) is 0 Å². The number of primary amides is 1. The first kappa shape index (κ1) is 39.8. The van der Waals surface area contributed by atoms with Crippen LogP contribution in [0.4, 0.5) is 4.79 Å². The number of esters is 1. The lowest BCUT2D eigenvalue weighted by atomic mass is 9.95. The Morgan fingerprint density at radius 3 is 1.96 bits per heavy atom. The number of aryl methyl sites for hydroxylation is 2. The van der Waals surface area contributed by atoms with Gasteiger partial charge in [-0.05, 0) is 97.4 Å². The van der Waals surface area contributed by atoms with E-state index in [9.17, 15) is 24.0 Å². The second-order valence-electron chi connectivity index (χ2n) is 14.2. The minimum Gasteiger partial charge on any atom is -0.458 e. The van der Waals surface area contributed by atoms with Gasteiger partial charge in [0.2, 0.25) is 17.7 Å². The summed E-state index contributed by atoms with van der Waals surface area (Å²) in [5.74, 6) is -2.49. The summed E-state index contributed by atoms with van der Waals surface area (Å²) in [6.07, 6.45) is -0.557. The van der Waals surface area contributed by atoms with Crippen molar-refractivity contribution in [3.8, 4) is 0 Å². The molecule has 48 heavy (non-hydrogen) atoms. The van der Waals surface area contributed by atoms with Gasteiger partial charge in [0, 0.05) is 18.9 Å². The number of carbonyl (C=O) groups excluding carboxylic acids is 5. The predicted molar refractivity (Wildman–Crippen MR) is 185 cm³/mol. The number of nitrogens with one attached hydrogen (secondary N) is 2. The molecule has 2 aromatic carbocycles. The molecule has 0 fully saturated rings. The molecule has 2 aromatic rings. The van der Waals surface area contributed by atoms with Crippen LogP contribution in [0.25, 0.3) is 0 Å². The van der Waals surface area contributed by atoms with Gasteiger partial charge in [-0.3, -0.25) is 14.4 Å². The maximum absolute atomic E-state index is 14.6. The Hall–Kier alpha value is -4.41. The monoisotopic (exact) mass is 666 g/mol. The Balaban J connectivity index is 2.69. The van der Waals surface area contributed by atoms with Crippen molar-refractivity contribution >= 4 is 29.8 Å². The average Bonchev–Trinajstić information content (AvgIpc) is 2.97. The van der Waals surface area contributed by atoms with Crippen LogP contribution in [-0.2, 0) is 35.1 Å². The maximum Gasteiger partial charge on any atom is 0.408 e. The molecule has 264 valence electrons. The van der Waals surface area contributed by atoms with Gasteiger partial charge in [0.25, 0.3) is 0 Å². The van der Waals surface area contributed by atoms with E-state index in [4.69, 9.17) is 15.2 Å². The normalized spacial score (nSPS) is 14.1. The fourth-order valence-corrected chi connectivity index (χ4v) is 5.01. The van der Waals surface area contributed by atoms with Gasteiger partial charge in [0.15, 0.2) is 0 Å². The van der Waals surface area contributed by atoms with E-state index in [2.05, 4.69) is 10.6 Å². The summed E-state index contributed by atoms with van der Waals surface area (Å²) < 4.78 is 11.1. The minimum atomic E-state index is -1.24. The molecule has 4 atom stereocenters. The lowest BCUT2D eigenvalue weighted by Gasteiger charge is -2.39. The molecule has 4 N–H and O–H groups in total. The van der Waals surface area contributed by atoms with Crippen molar-refractivity contribution in [3.63, 3.8) is 0 Å². The van der Waals surface area contributed by atoms with Gasteiger partial charge in [0.1, 0.15) is 29.3 Å². The average molecular weight is 667 g/mol. The zero-order valence-electron chi connectivity index (χ0n) is 30.1. The van der Waals surface area contributed by atoms with E-state index >= 15 is 0 Å². The van der Waals surface area contributed by atoms with Crippen molar-refractivity contribution in [2.45, 2.75) is 130 Å². The quantitative estimate of drug-likeness (QED) is 0.234. The number of hydrogen-bond acceptors (Lipinski definition) is 7. The van der Waals surface area contributed by atoms with E-state index < -0.39 is 65.2 Å². The van der Waals surface area contributed by atoms with Crippen LogP contribution in [0.1, 0.15) is 103 Å². The second-order valence-corrected chi connectivity index (χ2v) is 14.2. The van der Waals surface area contributed by atoms with Crippen molar-refractivity contribution in [2.75, 3.05) is 0 Å². The van der Waals surface area contributed by atoms with E-state index in [1.807, 2.05) is 63.2 Å². The van der Waals surface area contributed by atoms with Crippen molar-refractivity contribution < 1.29 is 33.4 Å². The molecule has 2 rings (SSSR count). The molecule has 0 aliphatic heterocycles. The van der Waals surface area contributed by atoms with E-state index in [0.29, 0.717) is 12.0 Å². The third-order valence-electron chi connectivity index (χ3n) is 7.65. The van der Waals surface area contributed by atoms with Crippen LogP contribution in [0.3, 0.4) is 0 Å².